The number of aromatic nitrogens is 8. The van der Waals surface area contributed by atoms with Crippen molar-refractivity contribution in [2.45, 2.75) is 51.4 Å². The molecule has 0 unspecified atom stereocenters. The van der Waals surface area contributed by atoms with Crippen molar-refractivity contribution in [1.82, 2.24) is 19.9 Å². The Morgan fingerprint density at radius 3 is 0.957 bits per heavy atom. The van der Waals surface area contributed by atoms with Gasteiger partial charge in [0.2, 0.25) is 17.1 Å². The molecule has 9 heterocycles. The summed E-state index contributed by atoms with van der Waals surface area (Å²) >= 11 is 0. The summed E-state index contributed by atoms with van der Waals surface area (Å²) in [5, 5.41) is 0. The van der Waals surface area contributed by atoms with Gasteiger partial charge in [-0.2, -0.15) is 0 Å². The number of amides is 4. The maximum absolute atomic E-state index is 14.3. The highest BCUT2D eigenvalue weighted by molar-refractivity contribution is 6.00. The zero-order chi connectivity index (χ0) is 63.2. The van der Waals surface area contributed by atoms with E-state index in [1.54, 1.807) is 45.0 Å². The highest BCUT2D eigenvalue weighted by atomic mass is 16.2. The number of rotatable bonds is 16. The second-order valence-electron chi connectivity index (χ2n) is 22.5. The quantitative estimate of drug-likeness (QED) is 0.0902. The molecule has 0 fully saturated rings. The third kappa shape index (κ3) is 12.1. The summed E-state index contributed by atoms with van der Waals surface area (Å²) < 4.78 is 6.31. The molecule has 0 aliphatic carbocycles. The number of hydrogen-bond donors (Lipinski definition) is 2. The Kier molecular flexibility index (Phi) is 16.6. The predicted molar refractivity (Wildman–Crippen MR) is 356 cm³/mol. The fraction of sp³-hybridized carbons (Fsp3) is 0.105. The van der Waals surface area contributed by atoms with E-state index in [2.05, 4.69) is 15.4 Å². The van der Waals surface area contributed by atoms with E-state index in [4.69, 9.17) is 26.2 Å². The number of aromatic amines is 2. The molecule has 16 nitrogen and oxygen atoms in total. The Morgan fingerprint density at radius 1 is 0.326 bits per heavy atom. The van der Waals surface area contributed by atoms with Gasteiger partial charge in [0.05, 0.1) is 56.0 Å². The van der Waals surface area contributed by atoms with Crippen LogP contribution in [0.15, 0.2) is 243 Å². The van der Waals surface area contributed by atoms with Gasteiger partial charge in [0, 0.05) is 82.8 Å². The maximum atomic E-state index is 14.3. The Bertz CT molecular complexity index is 4770. The van der Waals surface area contributed by atoms with Crippen LogP contribution in [0.5, 0.6) is 0 Å². The van der Waals surface area contributed by atoms with Gasteiger partial charge in [-0.05, 0) is 95.1 Å². The van der Waals surface area contributed by atoms with Crippen molar-refractivity contribution >= 4 is 70.0 Å². The molecule has 0 radical (unpaired) electrons. The van der Waals surface area contributed by atoms with Gasteiger partial charge in [-0.1, -0.05) is 149 Å². The number of carbonyl (C=O) groups is 4. The van der Waals surface area contributed by atoms with E-state index in [1.165, 1.54) is 4.68 Å². The van der Waals surface area contributed by atoms with Crippen molar-refractivity contribution in [2.75, 3.05) is 0 Å². The van der Waals surface area contributed by atoms with Crippen LogP contribution in [0.1, 0.15) is 96.4 Å². The van der Waals surface area contributed by atoms with Crippen molar-refractivity contribution in [2.24, 2.45) is 0 Å². The highest BCUT2D eigenvalue weighted by Crippen LogP contribution is 2.38. The number of hydrogen-bond acceptors (Lipinski definition) is 6. The standard InChI is InChI=1S/C76H62N12O4/c1-49(53-24-9-5-10-25-53)73(89)81-85-44-23-32-57(48-85)69-58-36-38-60(77-58)70(66-33-17-20-45-86(66)82-74(90)50(2)54-26-11-6-12-27-54)62-40-42-64(79-62)72(68-35-19-22-47-88(68)84-76(92)52(4)56-30-15-8-16-31-56)65-43-41-63(80-65)71(61-39-37-59(69)78-61)67-34-18-21-46-87(67)83-75(91)51(3)55-28-13-7-14-29-55/h5-52,77,80H,1-4H3/t49-,50+,51-,52-/m1/s1. The molecule has 0 saturated carbocycles. The normalized spacial score (nSPS) is 12.9. The number of fused-ring (bicyclic) bond motifs is 8. The molecule has 4 aromatic carbocycles. The molecule has 16 heteroatoms. The van der Waals surface area contributed by atoms with Crippen LogP contribution in [-0.2, 0) is 19.2 Å². The summed E-state index contributed by atoms with van der Waals surface area (Å²) in [6, 6.07) is 66.7. The van der Waals surface area contributed by atoms with E-state index < -0.39 is 23.7 Å². The lowest BCUT2D eigenvalue weighted by Crippen LogP contribution is -2.36. The molecule has 13 rings (SSSR count). The predicted octanol–water partition coefficient (Wildman–Crippen LogP) is 14.3. The molecule has 11 aromatic rings. The van der Waals surface area contributed by atoms with Crippen molar-refractivity contribution in [1.29, 1.82) is 0 Å². The molecule has 0 saturated heterocycles. The first-order valence-corrected chi connectivity index (χ1v) is 30.4. The number of nitrogens with zero attached hydrogens (tertiary/aromatic N) is 10. The molecule has 2 aliphatic heterocycles. The van der Waals surface area contributed by atoms with Gasteiger partial charge in [0.25, 0.3) is 0 Å². The van der Waals surface area contributed by atoms with Crippen LogP contribution >= 0.6 is 0 Å². The van der Waals surface area contributed by atoms with Gasteiger partial charge in [0.15, 0.2) is 31.0 Å². The minimum absolute atomic E-state index is 0.331. The Labute approximate surface area is 531 Å². The lowest BCUT2D eigenvalue weighted by atomic mass is 10.0. The first kappa shape index (κ1) is 59.0. The van der Waals surface area contributed by atoms with E-state index in [-0.39, 0.29) is 23.6 Å². The summed E-state index contributed by atoms with van der Waals surface area (Å²) in [7, 11) is 0. The maximum Gasteiger partial charge on any atom is 0.212 e. The average molecular weight is 1210 g/mol. The lowest BCUT2D eigenvalue weighted by Gasteiger charge is -2.20. The molecule has 4 amide bonds. The van der Waals surface area contributed by atoms with Crippen molar-refractivity contribution in [3.05, 3.63) is 310 Å². The van der Waals surface area contributed by atoms with Crippen LogP contribution < -0.4 is 18.7 Å². The first-order valence-electron chi connectivity index (χ1n) is 30.4. The first-order chi connectivity index (χ1) is 44.9. The Hall–Kier alpha value is -12.0. The fourth-order valence-electron chi connectivity index (χ4n) is 11.5. The molecule has 7 aromatic heterocycles. The zero-order valence-corrected chi connectivity index (χ0v) is 50.8. The SMILES string of the molecule is C[C@H](C(=O)[N-][n+]1ccccc1-c1c2nc(c(-c3cccc[n+]3[N-]C(=O)[C@H](C)c3ccccc3)c3ccc([nH]3)c(-c3cccc[n+]3[N-]C(=O)[C@H](C)c3ccccc3)c3nc(c(-c4ccc[n+]([N-]C(=O)[C@H](C)c5ccccc5)c4)c4ccc1[nH]4)C=C3)C=C2)c1ccccc1. The number of benzene rings is 4. The summed E-state index contributed by atoms with van der Waals surface area (Å²) in [4.78, 5) is 75.5. The number of pyridine rings is 4. The van der Waals surface area contributed by atoms with E-state index in [0.717, 1.165) is 22.3 Å². The second kappa shape index (κ2) is 26.0. The molecule has 0 spiro atoms. The van der Waals surface area contributed by atoms with E-state index in [1.807, 2.05) is 264 Å². The molecule has 450 valence electrons. The van der Waals surface area contributed by atoms with Crippen molar-refractivity contribution in [3.8, 4) is 44.9 Å². The molecule has 4 atom stereocenters. The van der Waals surface area contributed by atoms with E-state index in [9.17, 15) is 19.2 Å². The monoisotopic (exact) mass is 1210 g/mol. The number of nitrogens with one attached hydrogen (secondary N) is 2. The van der Waals surface area contributed by atoms with Gasteiger partial charge in [-0.25, -0.2) is 28.7 Å². The summed E-state index contributed by atoms with van der Waals surface area (Å²) in [5.74, 6) is -3.61. The topological polar surface area (TPSA) is 198 Å². The Balaban J connectivity index is 1.08. The highest BCUT2D eigenvalue weighted by Gasteiger charge is 2.27. The fourth-order valence-corrected chi connectivity index (χ4v) is 11.5. The van der Waals surface area contributed by atoms with Crippen LogP contribution in [-0.4, -0.2) is 43.6 Å². The molecular weight excluding hydrogens is 1140 g/mol. The third-order valence-electron chi connectivity index (χ3n) is 16.6. The van der Waals surface area contributed by atoms with Crippen LogP contribution in [0.3, 0.4) is 0 Å². The zero-order valence-electron chi connectivity index (χ0n) is 50.8. The summed E-state index contributed by atoms with van der Waals surface area (Å²) in [6.45, 7) is 7.37. The van der Waals surface area contributed by atoms with Crippen LogP contribution in [0, 0.1) is 0 Å². The summed E-state index contributed by atoms with van der Waals surface area (Å²) in [6.07, 6.45) is 16.5. The molecule has 2 aliphatic rings. The van der Waals surface area contributed by atoms with Crippen molar-refractivity contribution < 1.29 is 37.9 Å². The lowest BCUT2D eigenvalue weighted by molar-refractivity contribution is -0.618. The molecule has 92 heavy (non-hydrogen) atoms. The second-order valence-corrected chi connectivity index (χ2v) is 22.5. The average Bonchev–Trinajstić information content (AvgIpc) is 1.66. The van der Waals surface area contributed by atoms with Gasteiger partial charge >= 0.3 is 0 Å². The van der Waals surface area contributed by atoms with Gasteiger partial charge in [-0.15, -0.1) is 0 Å². The van der Waals surface area contributed by atoms with Crippen LogP contribution in [0.25, 0.3) is 113 Å². The van der Waals surface area contributed by atoms with Crippen molar-refractivity contribution in [3.63, 3.8) is 0 Å². The third-order valence-corrected chi connectivity index (χ3v) is 16.6. The Morgan fingerprint density at radius 2 is 0.620 bits per heavy atom. The van der Waals surface area contributed by atoms with Gasteiger partial charge in [-0.3, -0.25) is 0 Å². The molecule has 8 bridgehead atoms. The molecular formula is C76H62N12O4. The van der Waals surface area contributed by atoms with E-state index in [0.29, 0.717) is 89.7 Å². The largest absolute Gasteiger partial charge is 0.371 e. The minimum Gasteiger partial charge on any atom is -0.371 e. The number of H-pyrrole nitrogens is 2. The number of carbonyl (C=O) groups excluding carboxylic acids is 4. The van der Waals surface area contributed by atoms with Crippen LogP contribution in [0.2, 0.25) is 0 Å². The van der Waals surface area contributed by atoms with Crippen LogP contribution in [0.4, 0.5) is 0 Å². The smallest absolute Gasteiger partial charge is 0.212 e. The molecule has 2 N–H and O–H groups in total. The minimum atomic E-state index is -0.564. The van der Waals surface area contributed by atoms with Gasteiger partial charge < -0.3 is 50.8 Å². The summed E-state index contributed by atoms with van der Waals surface area (Å²) in [5.41, 5.74) is 31.5. The van der Waals surface area contributed by atoms with E-state index >= 15 is 0 Å². The van der Waals surface area contributed by atoms with Gasteiger partial charge in [0.1, 0.15) is 23.6 Å².